The summed E-state index contributed by atoms with van der Waals surface area (Å²) in [6.07, 6.45) is 0. The predicted octanol–water partition coefficient (Wildman–Crippen LogP) is 2.92. The zero-order valence-electron chi connectivity index (χ0n) is 11.8. The smallest absolute Gasteiger partial charge is 0.366 e. The summed E-state index contributed by atoms with van der Waals surface area (Å²) in [5.41, 5.74) is 8.44. The minimum Gasteiger partial charge on any atom is -0.380 e. The van der Waals surface area contributed by atoms with Gasteiger partial charge in [0.1, 0.15) is 5.82 Å². The Labute approximate surface area is 122 Å². The lowest BCUT2D eigenvalue weighted by atomic mass is 10.1. The Morgan fingerprint density at radius 1 is 1.14 bits per heavy atom. The zero-order chi connectivity index (χ0) is 15.4. The van der Waals surface area contributed by atoms with Crippen LogP contribution in [0.4, 0.5) is 4.39 Å². The largest absolute Gasteiger partial charge is 0.380 e. The maximum absolute atomic E-state index is 12.8. The molecule has 0 fully saturated rings. The van der Waals surface area contributed by atoms with Gasteiger partial charge in [0.2, 0.25) is 0 Å². The molecule has 0 unspecified atom stereocenters. The van der Waals surface area contributed by atoms with Gasteiger partial charge < -0.3 is 10.6 Å². The first-order chi connectivity index (χ1) is 9.97. The first-order valence-electron chi connectivity index (χ1n) is 6.35. The number of rotatable bonds is 3. The molecule has 2 aromatic carbocycles. The van der Waals surface area contributed by atoms with E-state index in [4.69, 9.17) is 10.6 Å². The number of hydrogen-bond acceptors (Lipinski definition) is 3. The average Bonchev–Trinajstić information content (AvgIpc) is 2.45. The van der Waals surface area contributed by atoms with Crippen molar-refractivity contribution >= 4 is 11.8 Å². The molecule has 0 aliphatic heterocycles. The summed E-state index contributed by atoms with van der Waals surface area (Å²) in [6.45, 7) is 3.75. The van der Waals surface area contributed by atoms with Crippen LogP contribution in [0.25, 0.3) is 0 Å². The molecule has 5 heteroatoms. The Hall–Kier alpha value is -2.69. The molecule has 0 aliphatic rings. The van der Waals surface area contributed by atoms with Gasteiger partial charge in [0.15, 0.2) is 5.84 Å². The molecule has 108 valence electrons. The van der Waals surface area contributed by atoms with Gasteiger partial charge in [-0.1, -0.05) is 22.9 Å². The second-order valence-electron chi connectivity index (χ2n) is 4.68. The van der Waals surface area contributed by atoms with Crippen molar-refractivity contribution in [2.75, 3.05) is 0 Å². The summed E-state index contributed by atoms with van der Waals surface area (Å²) in [5.74, 6) is -0.954. The molecule has 0 radical (unpaired) electrons. The van der Waals surface area contributed by atoms with E-state index in [0.717, 1.165) is 11.1 Å². The van der Waals surface area contributed by atoms with Crippen molar-refractivity contribution in [3.8, 4) is 0 Å². The van der Waals surface area contributed by atoms with Gasteiger partial charge in [0.05, 0.1) is 5.56 Å². The summed E-state index contributed by atoms with van der Waals surface area (Å²) >= 11 is 0. The van der Waals surface area contributed by atoms with Gasteiger partial charge in [0, 0.05) is 5.56 Å². The maximum Gasteiger partial charge on any atom is 0.366 e. The molecule has 0 amide bonds. The van der Waals surface area contributed by atoms with Crippen LogP contribution < -0.4 is 5.73 Å². The van der Waals surface area contributed by atoms with Crippen molar-refractivity contribution in [3.05, 3.63) is 70.5 Å². The van der Waals surface area contributed by atoms with Crippen LogP contribution in [0.15, 0.2) is 47.6 Å². The van der Waals surface area contributed by atoms with Gasteiger partial charge in [-0.25, -0.2) is 9.18 Å². The van der Waals surface area contributed by atoms with Crippen molar-refractivity contribution < 1.29 is 14.0 Å². The number of oxime groups is 1. The molecular formula is C16H15FN2O2. The third-order valence-electron chi connectivity index (χ3n) is 2.97. The molecular weight excluding hydrogens is 271 g/mol. The van der Waals surface area contributed by atoms with E-state index in [1.807, 2.05) is 26.0 Å². The summed E-state index contributed by atoms with van der Waals surface area (Å²) in [4.78, 5) is 16.7. The van der Waals surface area contributed by atoms with E-state index < -0.39 is 5.97 Å². The Kier molecular flexibility index (Phi) is 4.33. The van der Waals surface area contributed by atoms with Crippen LogP contribution >= 0.6 is 0 Å². The summed E-state index contributed by atoms with van der Waals surface area (Å²) in [6, 6.07) is 10.8. The van der Waals surface area contributed by atoms with Crippen LogP contribution in [0.1, 0.15) is 27.0 Å². The normalized spacial score (nSPS) is 11.3. The van der Waals surface area contributed by atoms with Crippen molar-refractivity contribution in [2.24, 2.45) is 10.9 Å². The topological polar surface area (TPSA) is 64.7 Å². The monoisotopic (exact) mass is 286 g/mol. The fourth-order valence-corrected chi connectivity index (χ4v) is 1.86. The number of amidine groups is 1. The lowest BCUT2D eigenvalue weighted by molar-refractivity contribution is 0.0515. The number of nitrogens with two attached hydrogens (primary N) is 1. The van der Waals surface area contributed by atoms with Crippen molar-refractivity contribution in [3.63, 3.8) is 0 Å². The number of benzene rings is 2. The van der Waals surface area contributed by atoms with Crippen molar-refractivity contribution in [1.82, 2.24) is 0 Å². The molecule has 0 aliphatic carbocycles. The van der Waals surface area contributed by atoms with E-state index in [1.165, 1.54) is 24.3 Å². The molecule has 0 aromatic heterocycles. The Morgan fingerprint density at radius 3 is 2.43 bits per heavy atom. The van der Waals surface area contributed by atoms with Crippen LogP contribution in [-0.2, 0) is 4.84 Å². The first-order valence-corrected chi connectivity index (χ1v) is 6.35. The molecule has 0 saturated heterocycles. The third kappa shape index (κ3) is 3.66. The Bertz CT molecular complexity index is 694. The molecule has 0 saturated carbocycles. The van der Waals surface area contributed by atoms with Crippen molar-refractivity contribution in [2.45, 2.75) is 13.8 Å². The predicted molar refractivity (Wildman–Crippen MR) is 78.5 cm³/mol. The third-order valence-corrected chi connectivity index (χ3v) is 2.97. The maximum atomic E-state index is 12.8. The van der Waals surface area contributed by atoms with Crippen molar-refractivity contribution in [1.29, 1.82) is 0 Å². The molecule has 0 bridgehead atoms. The van der Waals surface area contributed by atoms with E-state index >= 15 is 0 Å². The van der Waals surface area contributed by atoms with E-state index in [1.54, 1.807) is 6.07 Å². The SMILES string of the molecule is Cc1ccc(C(=O)O/N=C(\N)c2ccc(F)cc2)c(C)c1. The summed E-state index contributed by atoms with van der Waals surface area (Å²) in [5, 5.41) is 3.59. The van der Waals surface area contributed by atoms with Gasteiger partial charge >= 0.3 is 5.97 Å². The van der Waals surface area contributed by atoms with Crippen LogP contribution in [0.2, 0.25) is 0 Å². The van der Waals surface area contributed by atoms with Crippen LogP contribution in [0.3, 0.4) is 0 Å². The number of hydrogen-bond donors (Lipinski definition) is 1. The highest BCUT2D eigenvalue weighted by atomic mass is 19.1. The number of carbonyl (C=O) groups is 1. The second kappa shape index (κ2) is 6.17. The molecule has 2 aromatic rings. The fraction of sp³-hybridized carbons (Fsp3) is 0.125. The van der Waals surface area contributed by atoms with Gasteiger partial charge in [-0.05, 0) is 49.7 Å². The number of carbonyl (C=O) groups excluding carboxylic acids is 1. The van der Waals surface area contributed by atoms with E-state index in [9.17, 15) is 9.18 Å². The van der Waals surface area contributed by atoms with Gasteiger partial charge in [-0.3, -0.25) is 0 Å². The molecule has 2 N–H and O–H groups in total. The lowest BCUT2D eigenvalue weighted by Gasteiger charge is -2.04. The number of nitrogens with zero attached hydrogens (tertiary/aromatic N) is 1. The highest BCUT2D eigenvalue weighted by Crippen LogP contribution is 2.12. The molecule has 21 heavy (non-hydrogen) atoms. The fourth-order valence-electron chi connectivity index (χ4n) is 1.86. The van der Waals surface area contributed by atoms with Gasteiger partial charge in [0.25, 0.3) is 0 Å². The van der Waals surface area contributed by atoms with Crippen LogP contribution in [0, 0.1) is 19.7 Å². The summed E-state index contributed by atoms with van der Waals surface area (Å²) < 4.78 is 12.8. The van der Waals surface area contributed by atoms with Gasteiger partial charge in [-0.15, -0.1) is 0 Å². The minimum absolute atomic E-state index is 0.00751. The highest BCUT2D eigenvalue weighted by Gasteiger charge is 2.11. The molecule has 0 atom stereocenters. The lowest BCUT2D eigenvalue weighted by Crippen LogP contribution is -2.15. The van der Waals surface area contributed by atoms with Gasteiger partial charge in [-0.2, -0.15) is 0 Å². The quantitative estimate of drug-likeness (QED) is 0.408. The molecule has 0 heterocycles. The standard InChI is InChI=1S/C16H15FN2O2/c1-10-3-8-14(11(2)9-10)16(20)21-19-15(18)12-4-6-13(17)7-5-12/h3-9H,1-2H3,(H2,18,19). The molecule has 0 spiro atoms. The molecule has 4 nitrogen and oxygen atoms in total. The van der Waals surface area contributed by atoms with Crippen LogP contribution in [0.5, 0.6) is 0 Å². The molecule has 2 rings (SSSR count). The van der Waals surface area contributed by atoms with Crippen LogP contribution in [-0.4, -0.2) is 11.8 Å². The summed E-state index contributed by atoms with van der Waals surface area (Å²) in [7, 11) is 0. The van der Waals surface area contributed by atoms with E-state index in [-0.39, 0.29) is 11.7 Å². The first kappa shape index (κ1) is 14.7. The highest BCUT2D eigenvalue weighted by molar-refractivity contribution is 5.98. The Balaban J connectivity index is 2.12. The zero-order valence-corrected chi connectivity index (χ0v) is 11.8. The Morgan fingerprint density at radius 2 is 1.81 bits per heavy atom. The van der Waals surface area contributed by atoms with E-state index in [0.29, 0.717) is 11.1 Å². The number of halogens is 1. The minimum atomic E-state index is -0.586. The average molecular weight is 286 g/mol. The second-order valence-corrected chi connectivity index (χ2v) is 4.68. The van der Waals surface area contributed by atoms with E-state index in [2.05, 4.69) is 5.16 Å². The number of aryl methyl sites for hydroxylation is 2.